The molecule has 0 fully saturated rings. The normalized spacial score (nSPS) is 11.6. The first-order valence-corrected chi connectivity index (χ1v) is 13.0. The molecule has 0 saturated carbocycles. The highest BCUT2D eigenvalue weighted by Crippen LogP contribution is 2.25. The van der Waals surface area contributed by atoms with Gasteiger partial charge in [0.05, 0.1) is 27.5 Å². The predicted molar refractivity (Wildman–Crippen MR) is 126 cm³/mol. The number of sulfonamides is 2. The standard InChI is InChI=1S/C21H20ClN3O5S2/c1-14-13-15(7-12-19(14)24-31(2,27)28)21(26)23-16-8-10-17(11-9-16)32(29,30)25-20-6-4-3-5-18(20)22/h3-13,24-25H,1-2H3,(H,23,26). The third-order valence-corrected chi connectivity index (χ3v) is 6.63. The Morgan fingerprint density at radius 2 is 1.50 bits per heavy atom. The molecule has 1 amide bonds. The van der Waals surface area contributed by atoms with Crippen LogP contribution in [0.3, 0.4) is 0 Å². The van der Waals surface area contributed by atoms with E-state index in [1.54, 1.807) is 37.3 Å². The maximum Gasteiger partial charge on any atom is 0.261 e. The zero-order chi connectivity index (χ0) is 23.5. The van der Waals surface area contributed by atoms with Crippen LogP contribution in [-0.2, 0) is 20.0 Å². The van der Waals surface area contributed by atoms with E-state index < -0.39 is 26.0 Å². The Morgan fingerprint density at radius 1 is 0.844 bits per heavy atom. The van der Waals surface area contributed by atoms with Crippen molar-refractivity contribution in [3.63, 3.8) is 0 Å². The number of rotatable bonds is 7. The number of para-hydroxylation sites is 1. The van der Waals surface area contributed by atoms with Crippen molar-refractivity contribution >= 4 is 54.6 Å². The molecule has 0 atom stereocenters. The van der Waals surface area contributed by atoms with Gasteiger partial charge in [0, 0.05) is 11.3 Å². The van der Waals surface area contributed by atoms with E-state index >= 15 is 0 Å². The molecule has 0 spiro atoms. The summed E-state index contributed by atoms with van der Waals surface area (Å²) >= 11 is 6.00. The minimum absolute atomic E-state index is 0.00228. The molecule has 0 bridgehead atoms. The first-order valence-electron chi connectivity index (χ1n) is 9.22. The number of anilines is 3. The van der Waals surface area contributed by atoms with Crippen molar-refractivity contribution in [1.82, 2.24) is 0 Å². The number of carbonyl (C=O) groups excluding carboxylic acids is 1. The van der Waals surface area contributed by atoms with Crippen LogP contribution in [0.4, 0.5) is 17.1 Å². The number of aryl methyl sites for hydroxylation is 1. The fraction of sp³-hybridized carbons (Fsp3) is 0.0952. The lowest BCUT2D eigenvalue weighted by molar-refractivity contribution is 0.102. The van der Waals surface area contributed by atoms with Crippen LogP contribution in [0.15, 0.2) is 71.6 Å². The van der Waals surface area contributed by atoms with Crippen LogP contribution in [0.5, 0.6) is 0 Å². The Labute approximate surface area is 191 Å². The van der Waals surface area contributed by atoms with Crippen LogP contribution in [0, 0.1) is 6.92 Å². The van der Waals surface area contributed by atoms with E-state index in [0.29, 0.717) is 22.5 Å². The minimum atomic E-state index is -3.86. The van der Waals surface area contributed by atoms with Crippen LogP contribution >= 0.6 is 11.6 Å². The molecule has 0 heterocycles. The van der Waals surface area contributed by atoms with Crippen molar-refractivity contribution in [3.8, 4) is 0 Å². The number of hydrogen-bond donors (Lipinski definition) is 3. The lowest BCUT2D eigenvalue weighted by Crippen LogP contribution is -2.15. The second kappa shape index (κ2) is 9.19. The van der Waals surface area contributed by atoms with Gasteiger partial charge in [-0.1, -0.05) is 23.7 Å². The minimum Gasteiger partial charge on any atom is -0.322 e. The number of benzene rings is 3. The van der Waals surface area contributed by atoms with Gasteiger partial charge in [0.2, 0.25) is 10.0 Å². The van der Waals surface area contributed by atoms with Gasteiger partial charge < -0.3 is 5.32 Å². The van der Waals surface area contributed by atoms with Gasteiger partial charge in [-0.2, -0.15) is 0 Å². The van der Waals surface area contributed by atoms with Crippen LogP contribution in [-0.4, -0.2) is 29.0 Å². The molecule has 0 aromatic heterocycles. The van der Waals surface area contributed by atoms with Gasteiger partial charge in [0.15, 0.2) is 0 Å². The average molecular weight is 494 g/mol. The molecule has 3 rings (SSSR count). The van der Waals surface area contributed by atoms with Gasteiger partial charge in [0.1, 0.15) is 0 Å². The highest BCUT2D eigenvalue weighted by molar-refractivity contribution is 7.92. The van der Waals surface area contributed by atoms with Gasteiger partial charge >= 0.3 is 0 Å². The summed E-state index contributed by atoms with van der Waals surface area (Å²) in [5.74, 6) is -0.427. The largest absolute Gasteiger partial charge is 0.322 e. The second-order valence-electron chi connectivity index (χ2n) is 6.97. The summed E-state index contributed by atoms with van der Waals surface area (Å²) < 4.78 is 52.7. The van der Waals surface area contributed by atoms with Gasteiger partial charge in [-0.15, -0.1) is 0 Å². The predicted octanol–water partition coefficient (Wildman–Crippen LogP) is 4.07. The molecular weight excluding hydrogens is 474 g/mol. The number of halogens is 1. The van der Waals surface area contributed by atoms with E-state index in [0.717, 1.165) is 6.26 Å². The second-order valence-corrected chi connectivity index (χ2v) is 10.8. The SMILES string of the molecule is Cc1cc(C(=O)Nc2ccc(S(=O)(=O)Nc3ccccc3Cl)cc2)ccc1NS(C)(=O)=O. The topological polar surface area (TPSA) is 121 Å². The Hall–Kier alpha value is -3.08. The van der Waals surface area contributed by atoms with E-state index in [4.69, 9.17) is 11.6 Å². The molecule has 0 unspecified atom stereocenters. The zero-order valence-electron chi connectivity index (χ0n) is 17.1. The molecule has 11 heteroatoms. The molecule has 0 aliphatic heterocycles. The first kappa shape index (κ1) is 23.6. The highest BCUT2D eigenvalue weighted by Gasteiger charge is 2.16. The fourth-order valence-corrected chi connectivity index (χ4v) is 4.73. The van der Waals surface area contributed by atoms with E-state index in [2.05, 4.69) is 14.8 Å². The Kier molecular flexibility index (Phi) is 6.77. The maximum atomic E-state index is 12.6. The zero-order valence-corrected chi connectivity index (χ0v) is 19.5. The summed E-state index contributed by atoms with van der Waals surface area (Å²) in [7, 11) is -7.29. The molecule has 0 aliphatic carbocycles. The van der Waals surface area contributed by atoms with E-state index in [9.17, 15) is 21.6 Å². The van der Waals surface area contributed by atoms with E-state index in [1.807, 2.05) is 0 Å². The van der Waals surface area contributed by atoms with Crippen LogP contribution in [0.2, 0.25) is 5.02 Å². The first-order chi connectivity index (χ1) is 14.9. The number of hydrogen-bond acceptors (Lipinski definition) is 5. The van der Waals surface area contributed by atoms with Crippen molar-refractivity contribution in [2.45, 2.75) is 11.8 Å². The van der Waals surface area contributed by atoms with E-state index in [-0.39, 0.29) is 15.6 Å². The lowest BCUT2D eigenvalue weighted by Gasteiger charge is -2.11. The number of amides is 1. The quantitative estimate of drug-likeness (QED) is 0.458. The van der Waals surface area contributed by atoms with Gasteiger partial charge in [-0.3, -0.25) is 14.2 Å². The third kappa shape index (κ3) is 6.00. The highest BCUT2D eigenvalue weighted by atomic mass is 35.5. The third-order valence-electron chi connectivity index (χ3n) is 4.32. The lowest BCUT2D eigenvalue weighted by atomic mass is 10.1. The molecular formula is C21H20ClN3O5S2. The summed E-state index contributed by atoms with van der Waals surface area (Å²) in [5, 5.41) is 2.95. The van der Waals surface area contributed by atoms with Crippen molar-refractivity contribution in [2.24, 2.45) is 0 Å². The summed E-state index contributed by atoms with van der Waals surface area (Å²) in [6.07, 6.45) is 1.04. The molecule has 3 aromatic carbocycles. The Morgan fingerprint density at radius 3 is 2.09 bits per heavy atom. The molecule has 32 heavy (non-hydrogen) atoms. The Bertz CT molecular complexity index is 1370. The van der Waals surface area contributed by atoms with Gasteiger partial charge in [-0.05, 0) is 67.1 Å². The molecule has 3 N–H and O–H groups in total. The number of carbonyl (C=O) groups is 1. The van der Waals surface area contributed by atoms with Crippen molar-refractivity contribution in [3.05, 3.63) is 82.9 Å². The van der Waals surface area contributed by atoms with Crippen molar-refractivity contribution < 1.29 is 21.6 Å². The monoisotopic (exact) mass is 493 g/mol. The molecule has 168 valence electrons. The van der Waals surface area contributed by atoms with Gasteiger partial charge in [-0.25, -0.2) is 16.8 Å². The number of nitrogens with one attached hydrogen (secondary N) is 3. The molecule has 0 saturated heterocycles. The van der Waals surface area contributed by atoms with Crippen molar-refractivity contribution in [2.75, 3.05) is 21.0 Å². The molecule has 0 radical (unpaired) electrons. The van der Waals surface area contributed by atoms with Gasteiger partial charge in [0.25, 0.3) is 15.9 Å². The molecule has 3 aromatic rings. The fourth-order valence-electron chi connectivity index (χ4n) is 2.79. The molecule has 0 aliphatic rings. The van der Waals surface area contributed by atoms with Crippen LogP contribution < -0.4 is 14.8 Å². The van der Waals surface area contributed by atoms with Crippen molar-refractivity contribution in [1.29, 1.82) is 0 Å². The summed E-state index contributed by atoms with van der Waals surface area (Å²) in [6, 6.07) is 16.7. The summed E-state index contributed by atoms with van der Waals surface area (Å²) in [6.45, 7) is 1.68. The van der Waals surface area contributed by atoms with E-state index in [1.165, 1.54) is 36.4 Å². The summed E-state index contributed by atoms with van der Waals surface area (Å²) in [5.41, 5.74) is 1.93. The average Bonchev–Trinajstić information content (AvgIpc) is 2.70. The van der Waals surface area contributed by atoms with Crippen LogP contribution in [0.1, 0.15) is 15.9 Å². The van der Waals surface area contributed by atoms with Crippen LogP contribution in [0.25, 0.3) is 0 Å². The summed E-state index contributed by atoms with van der Waals surface area (Å²) in [4.78, 5) is 12.5. The maximum absolute atomic E-state index is 12.6. The molecule has 8 nitrogen and oxygen atoms in total. The smallest absolute Gasteiger partial charge is 0.261 e. The Balaban J connectivity index is 1.72.